The third-order valence-electron chi connectivity index (χ3n) is 2.56. The lowest BCUT2D eigenvalue weighted by atomic mass is 10.1. The van der Waals surface area contributed by atoms with Crippen molar-refractivity contribution < 1.29 is 4.74 Å². The Kier molecular flexibility index (Phi) is 5.60. The van der Waals surface area contributed by atoms with Crippen molar-refractivity contribution in [3.05, 3.63) is 39.2 Å². The van der Waals surface area contributed by atoms with Gasteiger partial charge in [-0.25, -0.2) is 0 Å². The van der Waals surface area contributed by atoms with Gasteiger partial charge in [0.15, 0.2) is 0 Å². The summed E-state index contributed by atoms with van der Waals surface area (Å²) in [5.41, 5.74) is 1.62. The second-order valence-electron chi connectivity index (χ2n) is 3.94. The van der Waals surface area contributed by atoms with Crippen molar-refractivity contribution >= 4 is 34.7 Å². The van der Waals surface area contributed by atoms with Crippen LogP contribution in [-0.2, 0) is 11.3 Å². The number of nitrogens with zero attached hydrogens (tertiary/aromatic N) is 1. The number of methoxy groups -OCH3 is 1. The molecule has 0 aliphatic rings. The summed E-state index contributed by atoms with van der Waals surface area (Å²) < 4.78 is 9.38. The van der Waals surface area contributed by atoms with Crippen molar-refractivity contribution in [2.24, 2.45) is 0 Å². The van der Waals surface area contributed by atoms with E-state index in [1.807, 2.05) is 24.3 Å². The zero-order valence-electron chi connectivity index (χ0n) is 10.5. The van der Waals surface area contributed by atoms with E-state index in [9.17, 15) is 0 Å². The van der Waals surface area contributed by atoms with Gasteiger partial charge >= 0.3 is 0 Å². The molecule has 1 heterocycles. The van der Waals surface area contributed by atoms with E-state index in [1.165, 1.54) is 11.5 Å². The minimum Gasteiger partial charge on any atom is -0.383 e. The zero-order chi connectivity index (χ0) is 13.7. The third kappa shape index (κ3) is 3.91. The molecule has 2 aromatic rings. The van der Waals surface area contributed by atoms with Gasteiger partial charge in [-0.05, 0) is 29.7 Å². The molecule has 0 spiro atoms. The minimum atomic E-state index is 0.622. The monoisotopic (exact) mass is 316 g/mol. The first-order valence-corrected chi connectivity index (χ1v) is 7.35. The van der Waals surface area contributed by atoms with Crippen LogP contribution in [0.5, 0.6) is 0 Å². The maximum absolute atomic E-state index is 6.17. The molecule has 102 valence electrons. The number of nitrogens with one attached hydrogen (secondary N) is 1. The predicted molar refractivity (Wildman–Crippen MR) is 81.2 cm³/mol. The van der Waals surface area contributed by atoms with Crippen LogP contribution in [0.4, 0.5) is 0 Å². The maximum Gasteiger partial charge on any atom is 0.0874 e. The molecule has 0 bridgehead atoms. The average molecular weight is 317 g/mol. The molecule has 0 aliphatic heterocycles. The summed E-state index contributed by atoms with van der Waals surface area (Å²) in [6.45, 7) is 2.28. The van der Waals surface area contributed by atoms with Crippen LogP contribution < -0.4 is 5.32 Å². The molecule has 0 aliphatic carbocycles. The number of hydrogen-bond donors (Lipinski definition) is 1. The third-order valence-corrected chi connectivity index (χ3v) is 3.97. The first-order valence-electron chi connectivity index (χ1n) is 5.82. The SMILES string of the molecule is COCCNCc1cc(-c2c(Cl)cccc2Cl)ns1. The Morgan fingerprint density at radius 2 is 2.05 bits per heavy atom. The van der Waals surface area contributed by atoms with Gasteiger partial charge in [-0.3, -0.25) is 0 Å². The summed E-state index contributed by atoms with van der Waals surface area (Å²) in [6.07, 6.45) is 0. The van der Waals surface area contributed by atoms with Gasteiger partial charge in [-0.2, -0.15) is 4.37 Å². The maximum atomic E-state index is 6.17. The molecule has 6 heteroatoms. The van der Waals surface area contributed by atoms with Crippen molar-refractivity contribution in [3.8, 4) is 11.3 Å². The Morgan fingerprint density at radius 1 is 1.32 bits per heavy atom. The van der Waals surface area contributed by atoms with Crippen LogP contribution in [-0.4, -0.2) is 24.6 Å². The van der Waals surface area contributed by atoms with Gasteiger partial charge in [0.25, 0.3) is 0 Å². The molecule has 0 amide bonds. The van der Waals surface area contributed by atoms with Crippen LogP contribution in [0.25, 0.3) is 11.3 Å². The highest BCUT2D eigenvalue weighted by Gasteiger charge is 2.11. The van der Waals surface area contributed by atoms with Gasteiger partial charge in [0.2, 0.25) is 0 Å². The highest BCUT2D eigenvalue weighted by molar-refractivity contribution is 7.06. The van der Waals surface area contributed by atoms with Crippen LogP contribution >= 0.6 is 34.7 Å². The average Bonchev–Trinajstić information content (AvgIpc) is 2.83. The quantitative estimate of drug-likeness (QED) is 0.822. The lowest BCUT2D eigenvalue weighted by molar-refractivity contribution is 0.199. The van der Waals surface area contributed by atoms with E-state index in [2.05, 4.69) is 9.69 Å². The molecule has 19 heavy (non-hydrogen) atoms. The van der Waals surface area contributed by atoms with Crippen molar-refractivity contribution in [2.75, 3.05) is 20.3 Å². The van der Waals surface area contributed by atoms with Crippen LogP contribution in [0.15, 0.2) is 24.3 Å². The minimum absolute atomic E-state index is 0.622. The van der Waals surface area contributed by atoms with E-state index in [-0.39, 0.29) is 0 Å². The Bertz CT molecular complexity index is 525. The van der Waals surface area contributed by atoms with Crippen molar-refractivity contribution in [2.45, 2.75) is 6.54 Å². The Hall–Kier alpha value is -0.650. The standard InChI is InChI=1S/C13H14Cl2N2OS/c1-18-6-5-16-8-9-7-12(17-19-9)13-10(14)3-2-4-11(13)15/h2-4,7,16H,5-6,8H2,1H3. The molecular formula is C13H14Cl2N2OS. The Balaban J connectivity index is 2.08. The summed E-state index contributed by atoms with van der Waals surface area (Å²) in [4.78, 5) is 1.14. The first kappa shape index (κ1) is 14.8. The normalized spacial score (nSPS) is 10.9. The molecule has 2 rings (SSSR count). The fourth-order valence-corrected chi connectivity index (χ4v) is 2.92. The lowest BCUT2D eigenvalue weighted by Gasteiger charge is -2.02. The van der Waals surface area contributed by atoms with Gasteiger partial charge in [0, 0.05) is 30.6 Å². The first-order chi connectivity index (χ1) is 9.22. The van der Waals surface area contributed by atoms with Crippen LogP contribution in [0.1, 0.15) is 4.88 Å². The summed E-state index contributed by atoms with van der Waals surface area (Å²) in [6, 6.07) is 7.47. The number of aromatic nitrogens is 1. The fraction of sp³-hybridized carbons (Fsp3) is 0.308. The highest BCUT2D eigenvalue weighted by atomic mass is 35.5. The number of benzene rings is 1. The van der Waals surface area contributed by atoms with Crippen LogP contribution in [0.3, 0.4) is 0 Å². The second kappa shape index (κ2) is 7.22. The summed E-state index contributed by atoms with van der Waals surface area (Å²) in [7, 11) is 1.69. The fourth-order valence-electron chi connectivity index (χ4n) is 1.64. The number of ether oxygens (including phenoxy) is 1. The summed E-state index contributed by atoms with van der Waals surface area (Å²) in [5.74, 6) is 0. The van der Waals surface area contributed by atoms with E-state index >= 15 is 0 Å². The summed E-state index contributed by atoms with van der Waals surface area (Å²) >= 11 is 13.8. The zero-order valence-corrected chi connectivity index (χ0v) is 12.8. The van der Waals surface area contributed by atoms with E-state index in [4.69, 9.17) is 27.9 Å². The van der Waals surface area contributed by atoms with Crippen molar-refractivity contribution in [3.63, 3.8) is 0 Å². The molecule has 1 aromatic carbocycles. The Morgan fingerprint density at radius 3 is 2.74 bits per heavy atom. The van der Waals surface area contributed by atoms with E-state index in [1.54, 1.807) is 7.11 Å². The molecule has 0 radical (unpaired) electrons. The molecule has 0 fully saturated rings. The molecule has 1 aromatic heterocycles. The van der Waals surface area contributed by atoms with E-state index < -0.39 is 0 Å². The molecular weight excluding hydrogens is 303 g/mol. The van der Waals surface area contributed by atoms with Gasteiger partial charge in [-0.1, -0.05) is 29.3 Å². The van der Waals surface area contributed by atoms with E-state index in [0.717, 1.165) is 29.2 Å². The number of halogens is 2. The molecule has 0 atom stereocenters. The number of hydrogen-bond acceptors (Lipinski definition) is 4. The topological polar surface area (TPSA) is 34.1 Å². The molecule has 0 saturated heterocycles. The van der Waals surface area contributed by atoms with Gasteiger partial charge < -0.3 is 10.1 Å². The summed E-state index contributed by atoms with van der Waals surface area (Å²) in [5, 5.41) is 4.52. The Labute approximate surface area is 126 Å². The lowest BCUT2D eigenvalue weighted by Crippen LogP contribution is -2.17. The molecule has 0 unspecified atom stereocenters. The molecule has 1 N–H and O–H groups in total. The predicted octanol–water partition coefficient (Wildman–Crippen LogP) is 3.85. The van der Waals surface area contributed by atoms with Gasteiger partial charge in [0.05, 0.1) is 22.3 Å². The van der Waals surface area contributed by atoms with Crippen molar-refractivity contribution in [1.29, 1.82) is 0 Å². The van der Waals surface area contributed by atoms with Gasteiger partial charge in [0.1, 0.15) is 0 Å². The van der Waals surface area contributed by atoms with Crippen molar-refractivity contribution in [1.82, 2.24) is 9.69 Å². The molecule has 0 saturated carbocycles. The smallest absolute Gasteiger partial charge is 0.0874 e. The van der Waals surface area contributed by atoms with Crippen LogP contribution in [0, 0.1) is 0 Å². The van der Waals surface area contributed by atoms with Crippen LogP contribution in [0.2, 0.25) is 10.0 Å². The highest BCUT2D eigenvalue weighted by Crippen LogP contribution is 2.34. The molecule has 3 nitrogen and oxygen atoms in total. The number of rotatable bonds is 6. The second-order valence-corrected chi connectivity index (χ2v) is 5.65. The van der Waals surface area contributed by atoms with Gasteiger partial charge in [-0.15, -0.1) is 0 Å². The van der Waals surface area contributed by atoms with E-state index in [0.29, 0.717) is 16.7 Å². The largest absolute Gasteiger partial charge is 0.383 e.